The zero-order valence-electron chi connectivity index (χ0n) is 14.2. The molecule has 5 nitrogen and oxygen atoms in total. The molecule has 0 spiro atoms. The number of aromatic nitrogens is 2. The lowest BCUT2D eigenvalue weighted by atomic mass is 9.93. The number of rotatable bonds is 6. The molecule has 2 aromatic heterocycles. The van der Waals surface area contributed by atoms with Gasteiger partial charge in [-0.05, 0) is 38.1 Å². The number of nitrogens with zero attached hydrogens (tertiary/aromatic N) is 3. The van der Waals surface area contributed by atoms with Gasteiger partial charge in [-0.3, -0.25) is 0 Å². The molecular weight excluding hydrogens is 365 g/mol. The molecule has 0 radical (unpaired) electrons. The average molecular weight is 386 g/mol. The van der Waals surface area contributed by atoms with Gasteiger partial charge in [0.15, 0.2) is 5.13 Å². The number of pyridine rings is 1. The molecule has 3 rings (SSSR count). The number of aliphatic hydroxyl groups excluding tert-OH is 1. The first-order chi connectivity index (χ1) is 12.4. The van der Waals surface area contributed by atoms with Crippen molar-refractivity contribution in [2.45, 2.75) is 31.4 Å². The van der Waals surface area contributed by atoms with E-state index in [0.717, 1.165) is 43.0 Å². The fourth-order valence-corrected chi connectivity index (χ4v) is 3.95. The summed E-state index contributed by atoms with van der Waals surface area (Å²) < 4.78 is 37.3. The van der Waals surface area contributed by atoms with Crippen molar-refractivity contribution in [3.8, 4) is 0 Å². The van der Waals surface area contributed by atoms with E-state index in [9.17, 15) is 13.2 Å². The fraction of sp³-hybridized carbons (Fsp3) is 0.529. The van der Waals surface area contributed by atoms with E-state index in [0.29, 0.717) is 23.4 Å². The molecule has 0 aliphatic carbocycles. The van der Waals surface area contributed by atoms with Crippen LogP contribution in [0.2, 0.25) is 0 Å². The summed E-state index contributed by atoms with van der Waals surface area (Å²) in [7, 11) is 0. The summed E-state index contributed by atoms with van der Waals surface area (Å²) in [5, 5.41) is 12.4. The molecule has 0 amide bonds. The minimum atomic E-state index is -4.23. The summed E-state index contributed by atoms with van der Waals surface area (Å²) in [4.78, 5) is 11.0. The molecule has 0 unspecified atom stereocenters. The first kappa shape index (κ1) is 19.1. The van der Waals surface area contributed by atoms with Crippen molar-refractivity contribution < 1.29 is 18.3 Å². The number of nitrogens with one attached hydrogen (secondary N) is 1. The highest BCUT2D eigenvalue weighted by molar-refractivity contribution is 7.15. The number of β-amino-alcohol motifs (C(OH)–C–C–N with tert-alkyl or cyclic N) is 1. The standard InChI is InChI=1S/C17H21F3N4OS/c18-17(19,20)10-13-11-21-16(26-13)23-15-3-1-2-14(22-15)12-4-6-24(7-5-12)8-9-25/h1-3,11-12,25H,4-10H2,(H,21,22,23). The predicted molar refractivity (Wildman–Crippen MR) is 94.9 cm³/mol. The second-order valence-electron chi connectivity index (χ2n) is 6.34. The quantitative estimate of drug-likeness (QED) is 0.795. The molecule has 142 valence electrons. The SMILES string of the molecule is OCCN1CCC(c2cccc(Nc3ncc(CC(F)(F)F)s3)n2)CC1. The van der Waals surface area contributed by atoms with Gasteiger partial charge in [0, 0.05) is 29.2 Å². The molecule has 0 atom stereocenters. The molecular formula is C17H21F3N4OS. The molecule has 0 bridgehead atoms. The van der Waals surface area contributed by atoms with Crippen molar-refractivity contribution in [2.24, 2.45) is 0 Å². The zero-order chi connectivity index (χ0) is 18.6. The number of thiazole rings is 1. The van der Waals surface area contributed by atoms with Gasteiger partial charge in [-0.2, -0.15) is 13.2 Å². The van der Waals surface area contributed by atoms with Gasteiger partial charge < -0.3 is 15.3 Å². The predicted octanol–water partition coefficient (Wildman–Crippen LogP) is 3.56. The summed E-state index contributed by atoms with van der Waals surface area (Å²) in [5.74, 6) is 0.942. The molecule has 1 aliphatic rings. The van der Waals surface area contributed by atoms with Gasteiger partial charge in [0.05, 0.1) is 13.0 Å². The van der Waals surface area contributed by atoms with Crippen LogP contribution in [-0.4, -0.2) is 52.4 Å². The Labute approximate surface area is 153 Å². The molecule has 3 heterocycles. The number of likely N-dealkylation sites (tertiary alicyclic amines) is 1. The van der Waals surface area contributed by atoms with Crippen molar-refractivity contribution >= 4 is 22.3 Å². The maximum atomic E-state index is 12.4. The van der Waals surface area contributed by atoms with Gasteiger partial charge in [0.25, 0.3) is 0 Å². The number of hydrogen-bond acceptors (Lipinski definition) is 6. The Morgan fingerprint density at radius 1 is 1.27 bits per heavy atom. The van der Waals surface area contributed by atoms with Gasteiger partial charge in [-0.15, -0.1) is 11.3 Å². The molecule has 1 fully saturated rings. The Kier molecular flexibility index (Phi) is 6.10. The smallest absolute Gasteiger partial charge is 0.393 e. The van der Waals surface area contributed by atoms with Gasteiger partial charge >= 0.3 is 6.18 Å². The van der Waals surface area contributed by atoms with E-state index in [-0.39, 0.29) is 11.5 Å². The summed E-state index contributed by atoms with van der Waals surface area (Å²) in [5.41, 5.74) is 0.978. The number of halogens is 3. The molecule has 0 aromatic carbocycles. The molecule has 1 aliphatic heterocycles. The average Bonchev–Trinajstić information content (AvgIpc) is 3.01. The number of piperidine rings is 1. The normalized spacial score (nSPS) is 16.8. The molecule has 0 saturated carbocycles. The van der Waals surface area contributed by atoms with E-state index in [4.69, 9.17) is 5.11 Å². The van der Waals surface area contributed by atoms with E-state index in [2.05, 4.69) is 20.2 Å². The van der Waals surface area contributed by atoms with Crippen LogP contribution in [0.1, 0.15) is 29.3 Å². The van der Waals surface area contributed by atoms with Gasteiger partial charge in [-0.1, -0.05) is 6.07 Å². The lowest BCUT2D eigenvalue weighted by Gasteiger charge is -2.31. The minimum absolute atomic E-state index is 0.173. The van der Waals surface area contributed by atoms with Crippen molar-refractivity contribution in [1.82, 2.24) is 14.9 Å². The van der Waals surface area contributed by atoms with E-state index in [1.165, 1.54) is 6.20 Å². The van der Waals surface area contributed by atoms with Crippen LogP contribution in [-0.2, 0) is 6.42 Å². The Bertz CT molecular complexity index is 714. The lowest BCUT2D eigenvalue weighted by molar-refractivity contribution is -0.126. The minimum Gasteiger partial charge on any atom is -0.395 e. The highest BCUT2D eigenvalue weighted by Gasteiger charge is 2.29. The Morgan fingerprint density at radius 3 is 2.73 bits per heavy atom. The van der Waals surface area contributed by atoms with Crippen LogP contribution in [0.3, 0.4) is 0 Å². The second kappa shape index (κ2) is 8.32. The van der Waals surface area contributed by atoms with Crippen LogP contribution < -0.4 is 5.32 Å². The van der Waals surface area contributed by atoms with Gasteiger partial charge in [0.2, 0.25) is 0 Å². The summed E-state index contributed by atoms with van der Waals surface area (Å²) in [6.07, 6.45) is -1.99. The Balaban J connectivity index is 1.61. The maximum Gasteiger partial charge on any atom is 0.393 e. The van der Waals surface area contributed by atoms with Crippen LogP contribution in [0.25, 0.3) is 0 Å². The summed E-state index contributed by atoms with van der Waals surface area (Å²) in [6, 6.07) is 5.67. The number of aliphatic hydroxyl groups is 1. The van der Waals surface area contributed by atoms with Crippen molar-refractivity contribution in [2.75, 3.05) is 31.6 Å². The van der Waals surface area contributed by atoms with E-state index in [1.54, 1.807) is 6.07 Å². The summed E-state index contributed by atoms with van der Waals surface area (Å²) >= 11 is 0.989. The molecule has 2 N–H and O–H groups in total. The molecule has 26 heavy (non-hydrogen) atoms. The van der Waals surface area contributed by atoms with Crippen LogP contribution in [0.4, 0.5) is 24.1 Å². The van der Waals surface area contributed by atoms with E-state index in [1.807, 2.05) is 12.1 Å². The largest absolute Gasteiger partial charge is 0.395 e. The number of alkyl halides is 3. The number of anilines is 2. The molecule has 2 aromatic rings. The summed E-state index contributed by atoms with van der Waals surface area (Å²) in [6.45, 7) is 2.73. The topological polar surface area (TPSA) is 61.3 Å². The third-order valence-electron chi connectivity index (χ3n) is 4.36. The third kappa shape index (κ3) is 5.39. The van der Waals surface area contributed by atoms with Crippen LogP contribution in [0, 0.1) is 0 Å². The monoisotopic (exact) mass is 386 g/mol. The van der Waals surface area contributed by atoms with Crippen molar-refractivity contribution in [3.63, 3.8) is 0 Å². The van der Waals surface area contributed by atoms with Crippen LogP contribution in [0.15, 0.2) is 24.4 Å². The highest BCUT2D eigenvalue weighted by Crippen LogP contribution is 2.30. The Morgan fingerprint density at radius 2 is 2.04 bits per heavy atom. The third-order valence-corrected chi connectivity index (χ3v) is 5.27. The van der Waals surface area contributed by atoms with Gasteiger partial charge in [0.1, 0.15) is 5.82 Å². The van der Waals surface area contributed by atoms with Crippen LogP contribution in [0.5, 0.6) is 0 Å². The highest BCUT2D eigenvalue weighted by atomic mass is 32.1. The van der Waals surface area contributed by atoms with E-state index >= 15 is 0 Å². The zero-order valence-corrected chi connectivity index (χ0v) is 15.0. The van der Waals surface area contributed by atoms with Crippen molar-refractivity contribution in [1.29, 1.82) is 0 Å². The fourth-order valence-electron chi connectivity index (χ4n) is 3.10. The maximum absolute atomic E-state index is 12.4. The lowest BCUT2D eigenvalue weighted by Crippen LogP contribution is -2.35. The van der Waals surface area contributed by atoms with Crippen molar-refractivity contribution in [3.05, 3.63) is 35.0 Å². The van der Waals surface area contributed by atoms with Gasteiger partial charge in [-0.25, -0.2) is 9.97 Å². The first-order valence-corrected chi connectivity index (χ1v) is 9.33. The molecule has 1 saturated heterocycles. The van der Waals surface area contributed by atoms with Crippen LogP contribution >= 0.6 is 11.3 Å². The number of hydrogen-bond donors (Lipinski definition) is 2. The second-order valence-corrected chi connectivity index (χ2v) is 7.45. The Hall–Kier alpha value is -1.71. The molecule has 9 heteroatoms. The van der Waals surface area contributed by atoms with E-state index < -0.39 is 12.6 Å². The first-order valence-electron chi connectivity index (χ1n) is 8.51.